The van der Waals surface area contributed by atoms with E-state index < -0.39 is 17.3 Å². The van der Waals surface area contributed by atoms with Crippen LogP contribution in [0.3, 0.4) is 0 Å². The first-order valence-corrected chi connectivity index (χ1v) is 9.95. The number of aromatic nitrogens is 1. The average Bonchev–Trinajstić information content (AvgIpc) is 3.16. The molecule has 0 saturated carbocycles. The van der Waals surface area contributed by atoms with Gasteiger partial charge < -0.3 is 10.6 Å². The van der Waals surface area contributed by atoms with E-state index in [9.17, 15) is 13.2 Å². The second-order valence-electron chi connectivity index (χ2n) is 8.23. The Bertz CT molecular complexity index is 835. The summed E-state index contributed by atoms with van der Waals surface area (Å²) in [7, 11) is 0. The van der Waals surface area contributed by atoms with Gasteiger partial charge in [0.15, 0.2) is 0 Å². The average molecular weight is 389 g/mol. The maximum atomic E-state index is 12.8. The molecule has 28 heavy (non-hydrogen) atoms. The molecule has 2 heterocycles. The summed E-state index contributed by atoms with van der Waals surface area (Å²) < 4.78 is 38.5. The highest BCUT2D eigenvalue weighted by atomic mass is 19.4. The first-order chi connectivity index (χ1) is 13.3. The van der Waals surface area contributed by atoms with Gasteiger partial charge in [0, 0.05) is 36.2 Å². The summed E-state index contributed by atoms with van der Waals surface area (Å²) >= 11 is 0. The Morgan fingerprint density at radius 1 is 1.00 bits per heavy atom. The Morgan fingerprint density at radius 2 is 1.64 bits per heavy atom. The quantitative estimate of drug-likeness (QED) is 0.829. The molecule has 1 aliphatic carbocycles. The molecule has 1 saturated heterocycles. The molecule has 1 aliphatic heterocycles. The van der Waals surface area contributed by atoms with Gasteiger partial charge in [-0.2, -0.15) is 13.2 Å². The predicted octanol–water partition coefficient (Wildman–Crippen LogP) is 4.68. The summed E-state index contributed by atoms with van der Waals surface area (Å²) in [6, 6.07) is 7.45. The van der Waals surface area contributed by atoms with Crippen molar-refractivity contribution in [1.82, 2.24) is 4.98 Å². The topological polar surface area (TPSA) is 42.1 Å². The Kier molecular flexibility index (Phi) is 4.86. The molecule has 150 valence electrons. The van der Waals surface area contributed by atoms with Gasteiger partial charge in [-0.1, -0.05) is 12.1 Å². The summed E-state index contributed by atoms with van der Waals surface area (Å²) in [6.45, 7) is 3.77. The number of pyridine rings is 1. The number of aryl methyl sites for hydroxylation is 1. The molecule has 0 spiro atoms. The van der Waals surface area contributed by atoms with E-state index in [0.29, 0.717) is 0 Å². The minimum atomic E-state index is -4.32. The molecule has 0 bridgehead atoms. The van der Waals surface area contributed by atoms with Crippen molar-refractivity contribution < 1.29 is 13.2 Å². The molecule has 1 aromatic heterocycles. The van der Waals surface area contributed by atoms with E-state index in [1.54, 1.807) is 0 Å². The Labute approximate surface area is 163 Å². The molecule has 0 amide bonds. The second-order valence-corrected chi connectivity index (χ2v) is 8.23. The summed E-state index contributed by atoms with van der Waals surface area (Å²) in [5.74, 6) is 0.232. The van der Waals surface area contributed by atoms with Gasteiger partial charge in [-0.3, -0.25) is 4.98 Å². The molecule has 6 heteroatoms. The van der Waals surface area contributed by atoms with Crippen LogP contribution < -0.4 is 10.6 Å². The number of anilines is 1. The Morgan fingerprint density at radius 3 is 2.29 bits per heavy atom. The molecular formula is C22H26F3N3. The second kappa shape index (κ2) is 7.07. The number of hydrogen-bond donors (Lipinski definition) is 1. The SMILES string of the molecule is CC(N)(c1ccc(C(F)(F)F)cc1)C1CCN(c2ccnc3c2CCC3)CC1. The van der Waals surface area contributed by atoms with E-state index in [-0.39, 0.29) is 5.92 Å². The lowest BCUT2D eigenvalue weighted by atomic mass is 9.75. The highest BCUT2D eigenvalue weighted by Gasteiger charge is 2.36. The first kappa shape index (κ1) is 19.2. The summed E-state index contributed by atoms with van der Waals surface area (Å²) in [5, 5.41) is 0. The van der Waals surface area contributed by atoms with E-state index in [2.05, 4.69) is 16.0 Å². The van der Waals surface area contributed by atoms with Gasteiger partial charge in [-0.05, 0) is 74.3 Å². The van der Waals surface area contributed by atoms with Crippen molar-refractivity contribution >= 4 is 5.69 Å². The fourth-order valence-corrected chi connectivity index (χ4v) is 4.71. The molecule has 2 N–H and O–H groups in total. The third kappa shape index (κ3) is 3.50. The Balaban J connectivity index is 1.46. The van der Waals surface area contributed by atoms with Gasteiger partial charge in [-0.25, -0.2) is 0 Å². The molecular weight excluding hydrogens is 363 g/mol. The number of piperidine rings is 1. The molecule has 4 rings (SSSR count). The predicted molar refractivity (Wildman–Crippen MR) is 104 cm³/mol. The lowest BCUT2D eigenvalue weighted by Crippen LogP contribution is -2.47. The zero-order valence-electron chi connectivity index (χ0n) is 16.1. The zero-order valence-corrected chi connectivity index (χ0v) is 16.1. The van der Waals surface area contributed by atoms with E-state index in [1.165, 1.54) is 35.5 Å². The standard InChI is InChI=1S/C22H26F3N3/c1-21(26,15-5-7-17(8-6-15)22(23,24)25)16-10-13-28(14-11-16)20-9-12-27-19-4-2-3-18(19)20/h5-9,12,16H,2-4,10-11,13-14,26H2,1H3. The third-order valence-electron chi connectivity index (χ3n) is 6.48. The van der Waals surface area contributed by atoms with Crippen molar-refractivity contribution in [2.75, 3.05) is 18.0 Å². The first-order valence-electron chi connectivity index (χ1n) is 9.95. The van der Waals surface area contributed by atoms with Crippen LogP contribution >= 0.6 is 0 Å². The number of halogens is 3. The van der Waals surface area contributed by atoms with Crippen molar-refractivity contribution in [3.8, 4) is 0 Å². The summed E-state index contributed by atoms with van der Waals surface area (Å²) in [6.07, 6.45) is 2.76. The van der Waals surface area contributed by atoms with Crippen LogP contribution in [-0.4, -0.2) is 18.1 Å². The van der Waals surface area contributed by atoms with Gasteiger partial charge in [-0.15, -0.1) is 0 Å². The molecule has 1 aromatic carbocycles. The molecule has 3 nitrogen and oxygen atoms in total. The lowest BCUT2D eigenvalue weighted by molar-refractivity contribution is -0.137. The fraction of sp³-hybridized carbons (Fsp3) is 0.500. The van der Waals surface area contributed by atoms with Crippen LogP contribution in [0.2, 0.25) is 0 Å². The van der Waals surface area contributed by atoms with Crippen LogP contribution in [0.15, 0.2) is 36.5 Å². The van der Waals surface area contributed by atoms with Crippen LogP contribution in [-0.2, 0) is 24.6 Å². The highest BCUT2D eigenvalue weighted by Crippen LogP contribution is 2.38. The van der Waals surface area contributed by atoms with E-state index in [0.717, 1.165) is 56.5 Å². The number of nitrogens with zero attached hydrogens (tertiary/aromatic N) is 2. The monoisotopic (exact) mass is 389 g/mol. The summed E-state index contributed by atoms with van der Waals surface area (Å²) in [4.78, 5) is 6.93. The van der Waals surface area contributed by atoms with E-state index >= 15 is 0 Å². The normalized spacial score (nSPS) is 20.1. The number of alkyl halides is 3. The number of fused-ring (bicyclic) bond motifs is 1. The maximum absolute atomic E-state index is 12.8. The van der Waals surface area contributed by atoms with Gasteiger partial charge >= 0.3 is 6.18 Å². The molecule has 1 atom stereocenters. The summed E-state index contributed by atoms with van der Waals surface area (Å²) in [5.41, 5.74) is 10.0. The van der Waals surface area contributed by atoms with E-state index in [4.69, 9.17) is 5.73 Å². The molecule has 1 unspecified atom stereocenters. The van der Waals surface area contributed by atoms with Crippen LogP contribution in [0, 0.1) is 5.92 Å². The molecule has 2 aromatic rings. The van der Waals surface area contributed by atoms with E-state index in [1.807, 2.05) is 13.1 Å². The fourth-order valence-electron chi connectivity index (χ4n) is 4.71. The van der Waals surface area contributed by atoms with Crippen molar-refractivity contribution in [2.45, 2.75) is 50.7 Å². The largest absolute Gasteiger partial charge is 0.416 e. The highest BCUT2D eigenvalue weighted by molar-refractivity contribution is 5.56. The third-order valence-corrected chi connectivity index (χ3v) is 6.48. The van der Waals surface area contributed by atoms with Crippen LogP contribution in [0.5, 0.6) is 0 Å². The van der Waals surface area contributed by atoms with Crippen LogP contribution in [0.4, 0.5) is 18.9 Å². The molecule has 1 fully saturated rings. The zero-order chi connectivity index (χ0) is 19.9. The van der Waals surface area contributed by atoms with Gasteiger partial charge in [0.05, 0.1) is 5.56 Å². The number of rotatable bonds is 3. The Hall–Kier alpha value is -2.08. The number of benzene rings is 1. The van der Waals surface area contributed by atoms with Gasteiger partial charge in [0.2, 0.25) is 0 Å². The van der Waals surface area contributed by atoms with Crippen molar-refractivity contribution in [3.63, 3.8) is 0 Å². The number of nitrogens with two attached hydrogens (primary N) is 1. The van der Waals surface area contributed by atoms with Crippen molar-refractivity contribution in [2.24, 2.45) is 11.7 Å². The van der Waals surface area contributed by atoms with Crippen molar-refractivity contribution in [3.05, 3.63) is 58.9 Å². The van der Waals surface area contributed by atoms with Crippen molar-refractivity contribution in [1.29, 1.82) is 0 Å². The molecule has 2 aliphatic rings. The maximum Gasteiger partial charge on any atom is 0.416 e. The molecule has 0 radical (unpaired) electrons. The lowest BCUT2D eigenvalue weighted by Gasteiger charge is -2.42. The minimum Gasteiger partial charge on any atom is -0.371 e. The van der Waals surface area contributed by atoms with Crippen LogP contribution in [0.25, 0.3) is 0 Å². The van der Waals surface area contributed by atoms with Gasteiger partial charge in [0.25, 0.3) is 0 Å². The van der Waals surface area contributed by atoms with Gasteiger partial charge in [0.1, 0.15) is 0 Å². The minimum absolute atomic E-state index is 0.232. The van der Waals surface area contributed by atoms with Crippen LogP contribution in [0.1, 0.15) is 48.6 Å². The number of hydrogen-bond acceptors (Lipinski definition) is 3. The smallest absolute Gasteiger partial charge is 0.371 e.